The zero-order chi connectivity index (χ0) is 27.0. The molecular weight excluding hydrogens is 480 g/mol. The smallest absolute Gasteiger partial charge is 0.341 e. The number of rotatable bonds is 3. The van der Waals surface area contributed by atoms with Crippen molar-refractivity contribution in [2.45, 2.75) is 69.7 Å². The minimum Gasteiger partial charge on any atom is -0.462 e. The van der Waals surface area contributed by atoms with Crippen LogP contribution in [0.1, 0.15) is 70.1 Å². The number of anilines is 1. The van der Waals surface area contributed by atoms with E-state index in [0.29, 0.717) is 30.6 Å². The molecule has 2 N–H and O–H groups in total. The molecule has 0 bridgehead atoms. The summed E-state index contributed by atoms with van der Waals surface area (Å²) in [7, 11) is 0. The van der Waals surface area contributed by atoms with Gasteiger partial charge in [0.1, 0.15) is 16.7 Å². The maximum absolute atomic E-state index is 15.0. The van der Waals surface area contributed by atoms with Crippen LogP contribution in [0.4, 0.5) is 5.69 Å². The Kier molecular flexibility index (Phi) is 5.19. The summed E-state index contributed by atoms with van der Waals surface area (Å²) in [4.78, 5) is 44.0. The molecule has 38 heavy (non-hydrogen) atoms. The second-order valence-electron chi connectivity index (χ2n) is 11.4. The fraction of sp³-hybridized carbons (Fsp3) is 0.387. The van der Waals surface area contributed by atoms with E-state index >= 15 is 0 Å². The molecule has 196 valence electrons. The minimum absolute atomic E-state index is 0.0912. The third-order valence-electron chi connectivity index (χ3n) is 8.66. The number of ether oxygens (including phenoxy) is 2. The lowest BCUT2D eigenvalue weighted by atomic mass is 9.63. The van der Waals surface area contributed by atoms with Crippen LogP contribution < -0.4 is 10.6 Å². The Morgan fingerprint density at radius 2 is 1.74 bits per heavy atom. The van der Waals surface area contributed by atoms with Gasteiger partial charge in [0.2, 0.25) is 11.8 Å². The van der Waals surface area contributed by atoms with Crippen LogP contribution in [0.3, 0.4) is 0 Å². The molecule has 2 atom stereocenters. The third kappa shape index (κ3) is 2.93. The van der Waals surface area contributed by atoms with Gasteiger partial charge in [-0.1, -0.05) is 55.5 Å². The summed E-state index contributed by atoms with van der Waals surface area (Å²) in [5, 5.41) is 0. The van der Waals surface area contributed by atoms with Gasteiger partial charge in [0.05, 0.1) is 17.9 Å². The topological polar surface area (TPSA) is 98.9 Å². The summed E-state index contributed by atoms with van der Waals surface area (Å²) in [6.45, 7) is 8.06. The number of allylic oxidation sites excluding steroid dienone is 1. The Hall–Kier alpha value is -3.87. The molecule has 2 aromatic rings. The monoisotopic (exact) mass is 512 g/mol. The summed E-state index contributed by atoms with van der Waals surface area (Å²) in [6, 6.07) is 16.1. The van der Waals surface area contributed by atoms with E-state index in [-0.39, 0.29) is 41.7 Å². The Labute approximate surface area is 222 Å². The summed E-state index contributed by atoms with van der Waals surface area (Å²) >= 11 is 0. The first kappa shape index (κ1) is 24.5. The van der Waals surface area contributed by atoms with Gasteiger partial charge in [0.15, 0.2) is 5.78 Å². The zero-order valence-corrected chi connectivity index (χ0v) is 22.2. The maximum atomic E-state index is 15.0. The molecule has 0 unspecified atom stereocenters. The van der Waals surface area contributed by atoms with Crippen molar-refractivity contribution in [3.8, 4) is 0 Å². The molecule has 4 aliphatic rings. The van der Waals surface area contributed by atoms with Crippen LogP contribution in [-0.4, -0.2) is 29.8 Å². The number of Topliss-reactive ketones (excluding diaryl/α,β-unsaturated/α-hetero) is 1. The summed E-state index contributed by atoms with van der Waals surface area (Å²) < 4.78 is 11.3. The first-order chi connectivity index (χ1) is 18.1. The van der Waals surface area contributed by atoms with E-state index in [2.05, 4.69) is 25.1 Å². The van der Waals surface area contributed by atoms with E-state index in [1.807, 2.05) is 44.2 Å². The van der Waals surface area contributed by atoms with Crippen LogP contribution in [0, 0.1) is 0 Å². The number of benzene rings is 2. The van der Waals surface area contributed by atoms with Gasteiger partial charge >= 0.3 is 5.97 Å². The number of carbonyl (C=O) groups is 3. The lowest BCUT2D eigenvalue weighted by Crippen LogP contribution is -2.58. The molecule has 1 amide bonds. The highest BCUT2D eigenvalue weighted by Gasteiger charge is 2.67. The minimum atomic E-state index is -1.72. The summed E-state index contributed by atoms with van der Waals surface area (Å²) in [5.41, 5.74) is 7.22. The van der Waals surface area contributed by atoms with Crippen molar-refractivity contribution in [3.63, 3.8) is 0 Å². The molecule has 0 saturated carbocycles. The van der Waals surface area contributed by atoms with E-state index < -0.39 is 22.3 Å². The highest BCUT2D eigenvalue weighted by molar-refractivity contribution is 6.24. The fourth-order valence-electron chi connectivity index (χ4n) is 7.37. The van der Waals surface area contributed by atoms with Gasteiger partial charge in [0.25, 0.3) is 0 Å². The summed E-state index contributed by atoms with van der Waals surface area (Å²) in [5.74, 6) is -1.09. The van der Waals surface area contributed by atoms with Gasteiger partial charge in [-0.05, 0) is 44.7 Å². The fourth-order valence-corrected chi connectivity index (χ4v) is 7.37. The number of amides is 1. The molecule has 3 heterocycles. The van der Waals surface area contributed by atoms with Crippen molar-refractivity contribution in [2.75, 3.05) is 11.5 Å². The molecule has 0 aromatic heterocycles. The van der Waals surface area contributed by atoms with Crippen molar-refractivity contribution in [2.24, 2.45) is 5.73 Å². The van der Waals surface area contributed by atoms with E-state index in [1.165, 1.54) is 0 Å². The van der Waals surface area contributed by atoms with Gasteiger partial charge in [-0.3, -0.25) is 9.59 Å². The molecular formula is C31H32N2O5. The second kappa shape index (κ2) is 8.06. The number of hydrogen-bond acceptors (Lipinski definition) is 6. The largest absolute Gasteiger partial charge is 0.462 e. The van der Waals surface area contributed by atoms with Crippen molar-refractivity contribution in [3.05, 3.63) is 88.0 Å². The highest BCUT2D eigenvalue weighted by atomic mass is 16.5. The molecule has 0 fully saturated rings. The number of para-hydroxylation sites is 1. The van der Waals surface area contributed by atoms with Gasteiger partial charge in [0, 0.05) is 29.4 Å². The molecule has 0 saturated heterocycles. The van der Waals surface area contributed by atoms with Gasteiger partial charge in [-0.25, -0.2) is 4.79 Å². The predicted molar refractivity (Wildman–Crippen MR) is 142 cm³/mol. The van der Waals surface area contributed by atoms with Crippen molar-refractivity contribution >= 4 is 23.3 Å². The van der Waals surface area contributed by atoms with Gasteiger partial charge in [-0.2, -0.15) is 0 Å². The number of carbonyl (C=O) groups excluding carboxylic acids is 3. The molecule has 6 rings (SSSR count). The lowest BCUT2D eigenvalue weighted by Gasteiger charge is -2.50. The average Bonchev–Trinajstić information content (AvgIpc) is 3.13. The predicted octanol–water partition coefficient (Wildman–Crippen LogP) is 4.53. The number of esters is 1. The van der Waals surface area contributed by atoms with Gasteiger partial charge < -0.3 is 20.1 Å². The Morgan fingerprint density at radius 3 is 2.45 bits per heavy atom. The number of nitrogens with two attached hydrogens (primary N) is 1. The molecule has 1 spiro atoms. The first-order valence-corrected chi connectivity index (χ1v) is 13.2. The first-order valence-electron chi connectivity index (χ1n) is 13.2. The van der Waals surface area contributed by atoms with Crippen LogP contribution in [-0.2, 0) is 34.7 Å². The van der Waals surface area contributed by atoms with Crippen LogP contribution in [0.15, 0.2) is 71.3 Å². The lowest BCUT2D eigenvalue weighted by molar-refractivity contribution is -0.141. The third-order valence-corrected chi connectivity index (χ3v) is 8.66. The van der Waals surface area contributed by atoms with E-state index in [9.17, 15) is 14.4 Å². The Balaban J connectivity index is 1.73. The van der Waals surface area contributed by atoms with Crippen LogP contribution in [0.25, 0.3) is 0 Å². The highest BCUT2D eigenvalue weighted by Crippen LogP contribution is 2.63. The standard InChI is InChI=1S/C31H32N2O5/c1-5-37-27(35)24-26(32)38-22-16-10-15-21(34)23(22)31(24)20-14-9-13-19-25(20)33(28(31)36)29(2,3)17-30(19,4)18-11-7-6-8-12-18/h6-9,11-14H,5,10,15-17,32H2,1-4H3/t30-,31-/m1/s1. The molecule has 1 aliphatic carbocycles. The van der Waals surface area contributed by atoms with E-state index in [1.54, 1.807) is 11.8 Å². The van der Waals surface area contributed by atoms with Crippen LogP contribution >= 0.6 is 0 Å². The normalized spacial score (nSPS) is 27.3. The quantitative estimate of drug-likeness (QED) is 0.607. The summed E-state index contributed by atoms with van der Waals surface area (Å²) in [6.07, 6.45) is 1.98. The number of fused-ring (bicyclic) bond motifs is 2. The molecule has 0 radical (unpaired) electrons. The molecule has 7 nitrogen and oxygen atoms in total. The molecule has 3 aliphatic heterocycles. The number of ketones is 1. The van der Waals surface area contributed by atoms with E-state index in [0.717, 1.165) is 16.8 Å². The van der Waals surface area contributed by atoms with Crippen LogP contribution in [0.2, 0.25) is 0 Å². The Bertz CT molecular complexity index is 1470. The molecule has 2 aromatic carbocycles. The second-order valence-corrected chi connectivity index (χ2v) is 11.4. The van der Waals surface area contributed by atoms with Crippen molar-refractivity contribution < 1.29 is 23.9 Å². The van der Waals surface area contributed by atoms with Gasteiger partial charge in [-0.15, -0.1) is 0 Å². The molecule has 7 heteroatoms. The van der Waals surface area contributed by atoms with Crippen molar-refractivity contribution in [1.82, 2.24) is 0 Å². The van der Waals surface area contributed by atoms with Crippen LogP contribution in [0.5, 0.6) is 0 Å². The number of hydrogen-bond donors (Lipinski definition) is 1. The van der Waals surface area contributed by atoms with Crippen molar-refractivity contribution in [1.29, 1.82) is 0 Å². The average molecular weight is 513 g/mol. The Morgan fingerprint density at radius 1 is 1.03 bits per heavy atom. The number of nitrogens with zero attached hydrogens (tertiary/aromatic N) is 1. The van der Waals surface area contributed by atoms with E-state index in [4.69, 9.17) is 15.2 Å². The SMILES string of the molecule is CCOC(=O)C1=C(N)OC2=C(C(=O)CCC2)[C@@]12C(=O)N1c3c2cccc3[C@@](C)(c2ccccc2)CC1(C)C. The zero-order valence-electron chi connectivity index (χ0n) is 22.2. The maximum Gasteiger partial charge on any atom is 0.341 e.